The molecule has 6 nitrogen and oxygen atoms in total. The lowest BCUT2D eigenvalue weighted by molar-refractivity contribution is -0.384. The summed E-state index contributed by atoms with van der Waals surface area (Å²) in [5, 5.41) is 22.4. The van der Waals surface area contributed by atoms with Gasteiger partial charge in [0.25, 0.3) is 5.69 Å². The van der Waals surface area contributed by atoms with Gasteiger partial charge in [-0.1, -0.05) is 22.0 Å². The summed E-state index contributed by atoms with van der Waals surface area (Å²) in [5.74, 6) is -0.805. The van der Waals surface area contributed by atoms with Gasteiger partial charge in [0.15, 0.2) is 5.69 Å². The monoisotopic (exact) mass is 288 g/mol. The van der Waals surface area contributed by atoms with Crippen LogP contribution >= 0.6 is 15.9 Å². The Hall–Kier alpha value is -1.63. The van der Waals surface area contributed by atoms with Crippen LogP contribution in [0, 0.1) is 10.1 Å². The smallest absolute Gasteiger partial charge is 0.296 e. The Morgan fingerprint density at radius 3 is 2.75 bits per heavy atom. The second-order valence-electron chi connectivity index (χ2n) is 3.03. The van der Waals surface area contributed by atoms with Crippen LogP contribution in [0.2, 0.25) is 0 Å². The number of nitrogens with one attached hydrogen (secondary N) is 1. The molecule has 0 spiro atoms. The van der Waals surface area contributed by atoms with E-state index < -0.39 is 15.7 Å². The average molecular weight is 289 g/mol. The Kier molecular flexibility index (Phi) is 3.83. The number of phenolic OH excluding ortho intramolecular Hbond substituents is 1. The predicted octanol–water partition coefficient (Wildman–Crippen LogP) is 2.02. The van der Waals surface area contributed by atoms with Crippen LogP contribution in [0.5, 0.6) is 5.75 Å². The first-order chi connectivity index (χ1) is 7.43. The molecule has 1 unspecified atom stereocenters. The third-order valence-corrected chi connectivity index (χ3v) is 2.24. The van der Waals surface area contributed by atoms with Gasteiger partial charge in [-0.15, -0.1) is 0 Å². The average Bonchev–Trinajstić information content (AvgIpc) is 2.20. The number of para-hydroxylation sites is 1. The Morgan fingerprint density at radius 2 is 2.25 bits per heavy atom. The third-order valence-electron chi connectivity index (χ3n) is 1.83. The van der Waals surface area contributed by atoms with Crippen LogP contribution in [-0.2, 0) is 4.79 Å². The molecule has 7 heteroatoms. The lowest BCUT2D eigenvalue weighted by Gasteiger charge is -2.08. The summed E-state index contributed by atoms with van der Waals surface area (Å²) in [6, 6.07) is 3.80. The molecule has 2 N–H and O–H groups in total. The molecule has 0 heterocycles. The van der Waals surface area contributed by atoms with E-state index in [1.54, 1.807) is 6.92 Å². The first kappa shape index (κ1) is 12.4. The van der Waals surface area contributed by atoms with Crippen LogP contribution in [0.1, 0.15) is 6.92 Å². The van der Waals surface area contributed by atoms with Crippen LogP contribution in [-0.4, -0.2) is 20.8 Å². The van der Waals surface area contributed by atoms with E-state index in [4.69, 9.17) is 0 Å². The second kappa shape index (κ2) is 4.93. The number of carbonyl (C=O) groups excluding carboxylic acids is 1. The summed E-state index contributed by atoms with van der Waals surface area (Å²) in [6.45, 7) is 1.57. The van der Waals surface area contributed by atoms with Gasteiger partial charge in [0, 0.05) is 6.07 Å². The van der Waals surface area contributed by atoms with E-state index in [0.717, 1.165) is 0 Å². The number of nitrogens with zero attached hydrogens (tertiary/aromatic N) is 1. The highest BCUT2D eigenvalue weighted by molar-refractivity contribution is 9.10. The molecule has 0 saturated carbocycles. The van der Waals surface area contributed by atoms with Crippen molar-refractivity contribution in [2.45, 2.75) is 11.8 Å². The Morgan fingerprint density at radius 1 is 1.62 bits per heavy atom. The number of nitro groups is 1. The van der Waals surface area contributed by atoms with Gasteiger partial charge in [0.1, 0.15) is 5.75 Å². The van der Waals surface area contributed by atoms with Gasteiger partial charge in [0.05, 0.1) is 9.75 Å². The number of aromatic hydroxyl groups is 1. The van der Waals surface area contributed by atoms with E-state index in [1.165, 1.54) is 18.2 Å². The Labute approximate surface area is 99.6 Å². The number of anilines is 1. The molecule has 0 fully saturated rings. The van der Waals surface area contributed by atoms with Gasteiger partial charge in [-0.25, -0.2) is 0 Å². The molecular weight excluding hydrogens is 280 g/mol. The van der Waals surface area contributed by atoms with Gasteiger partial charge in [-0.2, -0.15) is 0 Å². The van der Waals surface area contributed by atoms with Gasteiger partial charge < -0.3 is 10.4 Å². The number of halogens is 1. The summed E-state index contributed by atoms with van der Waals surface area (Å²) in [7, 11) is 0. The van der Waals surface area contributed by atoms with Crippen molar-refractivity contribution in [2.75, 3.05) is 5.32 Å². The molecule has 0 aliphatic carbocycles. The zero-order valence-corrected chi connectivity index (χ0v) is 9.89. The van der Waals surface area contributed by atoms with E-state index in [-0.39, 0.29) is 17.1 Å². The molecule has 0 aromatic heterocycles. The zero-order valence-electron chi connectivity index (χ0n) is 8.31. The third kappa shape index (κ3) is 2.69. The van der Waals surface area contributed by atoms with E-state index in [2.05, 4.69) is 21.2 Å². The van der Waals surface area contributed by atoms with Gasteiger partial charge in [0.2, 0.25) is 5.91 Å². The predicted molar refractivity (Wildman–Crippen MR) is 61.8 cm³/mol. The van der Waals surface area contributed by atoms with Crippen molar-refractivity contribution in [3.63, 3.8) is 0 Å². The molecule has 1 atom stereocenters. The number of amides is 1. The fourth-order valence-corrected chi connectivity index (χ4v) is 1.15. The van der Waals surface area contributed by atoms with Crippen LogP contribution in [0.4, 0.5) is 11.4 Å². The maximum atomic E-state index is 11.3. The molecule has 1 amide bonds. The minimum atomic E-state index is -0.672. The highest BCUT2D eigenvalue weighted by Crippen LogP contribution is 2.33. The molecule has 0 aliphatic heterocycles. The quantitative estimate of drug-likeness (QED) is 0.385. The van der Waals surface area contributed by atoms with Gasteiger partial charge in [-0.3, -0.25) is 14.9 Å². The van der Waals surface area contributed by atoms with E-state index in [9.17, 15) is 20.0 Å². The van der Waals surface area contributed by atoms with Crippen molar-refractivity contribution < 1.29 is 14.8 Å². The molecule has 1 aromatic carbocycles. The van der Waals surface area contributed by atoms with Gasteiger partial charge in [-0.05, 0) is 13.0 Å². The van der Waals surface area contributed by atoms with Gasteiger partial charge >= 0.3 is 0 Å². The second-order valence-corrected chi connectivity index (χ2v) is 4.41. The molecule has 0 radical (unpaired) electrons. The molecular formula is C9H9BrN2O4. The van der Waals surface area contributed by atoms with Crippen molar-refractivity contribution in [2.24, 2.45) is 0 Å². The standard InChI is InChI=1S/C9H9BrN2O4/c1-5(10)9(14)11-8-6(12(15)16)3-2-4-7(8)13/h2-5,13H,1H3,(H,11,14). The minimum absolute atomic E-state index is 0.191. The first-order valence-corrected chi connectivity index (χ1v) is 5.26. The molecule has 1 rings (SSSR count). The largest absolute Gasteiger partial charge is 0.505 e. The van der Waals surface area contributed by atoms with Crippen LogP contribution in [0.25, 0.3) is 0 Å². The number of phenols is 1. The number of rotatable bonds is 3. The normalized spacial score (nSPS) is 11.9. The number of hydrogen-bond donors (Lipinski definition) is 2. The molecule has 0 saturated heterocycles. The summed E-state index contributed by atoms with van der Waals surface area (Å²) < 4.78 is 0. The van der Waals surface area contributed by atoms with Crippen LogP contribution in [0.3, 0.4) is 0 Å². The SMILES string of the molecule is CC(Br)C(=O)Nc1c(O)cccc1[N+](=O)[O-]. The summed E-state index contributed by atoms with van der Waals surface area (Å²) in [6.07, 6.45) is 0. The van der Waals surface area contributed by atoms with Crippen molar-refractivity contribution >= 4 is 33.2 Å². The molecule has 86 valence electrons. The van der Waals surface area contributed by atoms with Crippen molar-refractivity contribution in [1.29, 1.82) is 0 Å². The number of carbonyl (C=O) groups is 1. The number of alkyl halides is 1. The fraction of sp³-hybridized carbons (Fsp3) is 0.222. The summed E-state index contributed by atoms with van der Waals surface area (Å²) in [5.41, 5.74) is -0.537. The van der Waals surface area contributed by atoms with E-state index >= 15 is 0 Å². The zero-order chi connectivity index (χ0) is 12.3. The Balaban J connectivity index is 3.11. The summed E-state index contributed by atoms with van der Waals surface area (Å²) in [4.78, 5) is 20.8. The van der Waals surface area contributed by atoms with Crippen molar-refractivity contribution in [3.8, 4) is 5.75 Å². The lowest BCUT2D eigenvalue weighted by atomic mass is 10.2. The van der Waals surface area contributed by atoms with Crippen LogP contribution in [0.15, 0.2) is 18.2 Å². The number of nitro benzene ring substituents is 1. The molecule has 1 aromatic rings. The van der Waals surface area contributed by atoms with Crippen molar-refractivity contribution in [3.05, 3.63) is 28.3 Å². The lowest BCUT2D eigenvalue weighted by Crippen LogP contribution is -2.20. The minimum Gasteiger partial charge on any atom is -0.505 e. The number of benzene rings is 1. The first-order valence-electron chi connectivity index (χ1n) is 4.34. The molecule has 0 aliphatic rings. The van der Waals surface area contributed by atoms with E-state index in [1.807, 2.05) is 0 Å². The number of hydrogen-bond acceptors (Lipinski definition) is 4. The maximum absolute atomic E-state index is 11.3. The van der Waals surface area contributed by atoms with Crippen LogP contribution < -0.4 is 5.32 Å². The fourth-order valence-electron chi connectivity index (χ4n) is 1.03. The summed E-state index contributed by atoms with van der Waals surface area (Å²) >= 11 is 3.02. The highest BCUT2D eigenvalue weighted by Gasteiger charge is 2.20. The van der Waals surface area contributed by atoms with Crippen molar-refractivity contribution in [1.82, 2.24) is 0 Å². The highest BCUT2D eigenvalue weighted by atomic mass is 79.9. The Bertz CT molecular complexity index is 434. The topological polar surface area (TPSA) is 92.5 Å². The maximum Gasteiger partial charge on any atom is 0.296 e. The molecule has 16 heavy (non-hydrogen) atoms. The molecule has 0 bridgehead atoms. The van der Waals surface area contributed by atoms with E-state index in [0.29, 0.717) is 0 Å².